The third kappa shape index (κ3) is 4.35. The van der Waals surface area contributed by atoms with Crippen LogP contribution in [0.2, 0.25) is 0 Å². The second-order valence-electron chi connectivity index (χ2n) is 4.70. The van der Waals surface area contributed by atoms with Crippen molar-refractivity contribution in [1.82, 2.24) is 0 Å². The predicted octanol–water partition coefficient (Wildman–Crippen LogP) is 2.61. The third-order valence-corrected chi connectivity index (χ3v) is 3.26. The van der Waals surface area contributed by atoms with Crippen LogP contribution in [0.25, 0.3) is 5.57 Å². The quantitative estimate of drug-likeness (QED) is 0.780. The summed E-state index contributed by atoms with van der Waals surface area (Å²) in [5.41, 5.74) is 1.38. The van der Waals surface area contributed by atoms with Gasteiger partial charge in [-0.1, -0.05) is 25.5 Å². The zero-order valence-electron chi connectivity index (χ0n) is 12.6. The minimum absolute atomic E-state index is 0.0713. The Balaban J connectivity index is 3.08. The number of allylic oxidation sites excluding steroid dienone is 2. The second kappa shape index (κ2) is 9.19. The molecule has 0 aliphatic heterocycles. The highest BCUT2D eigenvalue weighted by molar-refractivity contribution is 5.84. The van der Waals surface area contributed by atoms with Crippen LogP contribution in [0.15, 0.2) is 29.8 Å². The van der Waals surface area contributed by atoms with Crippen molar-refractivity contribution >= 4 is 11.3 Å². The van der Waals surface area contributed by atoms with Gasteiger partial charge in [-0.2, -0.15) is 15.8 Å². The molecule has 0 unspecified atom stereocenters. The molecule has 0 heterocycles. The van der Waals surface area contributed by atoms with E-state index in [1.165, 1.54) is 0 Å². The maximum Gasteiger partial charge on any atom is 0.148 e. The van der Waals surface area contributed by atoms with Gasteiger partial charge < -0.3 is 10.0 Å². The van der Waals surface area contributed by atoms with Gasteiger partial charge in [0.25, 0.3) is 0 Å². The maximum atomic E-state index is 9.15. The first kappa shape index (κ1) is 17.2. The van der Waals surface area contributed by atoms with Gasteiger partial charge >= 0.3 is 0 Å². The number of aliphatic hydroxyl groups excluding tert-OH is 1. The first-order valence-electron chi connectivity index (χ1n) is 7.12. The number of aliphatic hydroxyl groups is 1. The number of rotatable bonds is 7. The molecule has 0 aliphatic rings. The molecule has 0 atom stereocenters. The van der Waals surface area contributed by atoms with Crippen molar-refractivity contribution in [3.05, 3.63) is 35.4 Å². The monoisotopic (exact) mass is 294 g/mol. The largest absolute Gasteiger partial charge is 0.395 e. The van der Waals surface area contributed by atoms with Crippen LogP contribution in [0.5, 0.6) is 0 Å². The van der Waals surface area contributed by atoms with E-state index in [-0.39, 0.29) is 17.8 Å². The van der Waals surface area contributed by atoms with Crippen molar-refractivity contribution in [3.8, 4) is 18.2 Å². The molecule has 0 spiro atoms. The Morgan fingerprint density at radius 1 is 1.05 bits per heavy atom. The van der Waals surface area contributed by atoms with E-state index in [0.717, 1.165) is 25.1 Å². The SMILES string of the molecule is CCCCN(CCO)c1ccc(C(C#N)=C(C#N)C#N)cc1. The number of hydrogen-bond acceptors (Lipinski definition) is 5. The molecule has 1 aromatic rings. The van der Waals surface area contributed by atoms with Gasteiger partial charge in [-0.3, -0.25) is 0 Å². The molecule has 1 aromatic carbocycles. The number of hydrogen-bond donors (Lipinski definition) is 1. The van der Waals surface area contributed by atoms with Gasteiger partial charge in [0, 0.05) is 18.8 Å². The summed E-state index contributed by atoms with van der Waals surface area (Å²) in [4.78, 5) is 2.07. The summed E-state index contributed by atoms with van der Waals surface area (Å²) in [6, 6.07) is 12.5. The number of unbranched alkanes of at least 4 members (excludes halogenated alkanes) is 1. The lowest BCUT2D eigenvalue weighted by Crippen LogP contribution is -2.27. The lowest BCUT2D eigenvalue weighted by atomic mass is 10.0. The average molecular weight is 294 g/mol. The highest BCUT2D eigenvalue weighted by atomic mass is 16.3. The van der Waals surface area contributed by atoms with Crippen molar-refractivity contribution in [1.29, 1.82) is 15.8 Å². The fourth-order valence-corrected chi connectivity index (χ4v) is 2.08. The van der Waals surface area contributed by atoms with Crippen LogP contribution in [0.3, 0.4) is 0 Å². The molecule has 0 aliphatic carbocycles. The summed E-state index contributed by atoms with van der Waals surface area (Å²) < 4.78 is 0. The maximum absolute atomic E-state index is 9.15. The molecule has 0 aromatic heterocycles. The zero-order valence-corrected chi connectivity index (χ0v) is 12.6. The van der Waals surface area contributed by atoms with Crippen LogP contribution >= 0.6 is 0 Å². The standard InChI is InChI=1S/C17H18N4O/c1-2-3-8-21(9-10-22)16-6-4-14(5-7-16)17(13-20)15(11-18)12-19/h4-7,22H,2-3,8-10H2,1H3. The fourth-order valence-electron chi connectivity index (χ4n) is 2.08. The van der Waals surface area contributed by atoms with Crippen molar-refractivity contribution in [2.75, 3.05) is 24.6 Å². The molecule has 0 amide bonds. The van der Waals surface area contributed by atoms with E-state index in [1.54, 1.807) is 24.3 Å². The normalized spacial score (nSPS) is 9.23. The molecule has 1 N–H and O–H groups in total. The Kier molecular flexibility index (Phi) is 7.20. The number of nitrogens with zero attached hydrogens (tertiary/aromatic N) is 4. The first-order valence-corrected chi connectivity index (χ1v) is 7.12. The van der Waals surface area contributed by atoms with E-state index >= 15 is 0 Å². The topological polar surface area (TPSA) is 94.8 Å². The average Bonchev–Trinajstić information content (AvgIpc) is 2.56. The Morgan fingerprint density at radius 3 is 2.14 bits per heavy atom. The van der Waals surface area contributed by atoms with Crippen LogP contribution in [0.4, 0.5) is 5.69 Å². The summed E-state index contributed by atoms with van der Waals surface area (Å²) in [7, 11) is 0. The molecule has 0 bridgehead atoms. The van der Waals surface area contributed by atoms with Crippen LogP contribution in [0.1, 0.15) is 25.3 Å². The van der Waals surface area contributed by atoms with E-state index in [2.05, 4.69) is 11.8 Å². The summed E-state index contributed by atoms with van der Waals surface area (Å²) in [6.07, 6.45) is 2.09. The molecule has 22 heavy (non-hydrogen) atoms. The highest BCUT2D eigenvalue weighted by Gasteiger charge is 2.10. The summed E-state index contributed by atoms with van der Waals surface area (Å²) in [5, 5.41) is 36.1. The molecule has 1 rings (SSSR count). The Hall–Kier alpha value is -2.81. The molecule has 5 heteroatoms. The van der Waals surface area contributed by atoms with E-state index in [1.807, 2.05) is 18.2 Å². The zero-order chi connectivity index (χ0) is 16.4. The number of nitriles is 3. The van der Waals surface area contributed by atoms with Crippen LogP contribution in [-0.2, 0) is 0 Å². The minimum atomic E-state index is -0.187. The van der Waals surface area contributed by atoms with Gasteiger partial charge in [0.05, 0.1) is 12.2 Å². The fraction of sp³-hybridized carbons (Fsp3) is 0.353. The van der Waals surface area contributed by atoms with E-state index in [0.29, 0.717) is 12.1 Å². The predicted molar refractivity (Wildman–Crippen MR) is 84.4 cm³/mol. The highest BCUT2D eigenvalue weighted by Crippen LogP contribution is 2.22. The van der Waals surface area contributed by atoms with Crippen molar-refractivity contribution in [3.63, 3.8) is 0 Å². The van der Waals surface area contributed by atoms with Gasteiger partial charge in [0.15, 0.2) is 0 Å². The Morgan fingerprint density at radius 2 is 1.68 bits per heavy atom. The van der Waals surface area contributed by atoms with Gasteiger partial charge in [0.2, 0.25) is 0 Å². The van der Waals surface area contributed by atoms with Gasteiger partial charge in [-0.25, -0.2) is 0 Å². The molecular weight excluding hydrogens is 276 g/mol. The Bertz CT molecular complexity index is 625. The lowest BCUT2D eigenvalue weighted by molar-refractivity contribution is 0.301. The van der Waals surface area contributed by atoms with Crippen molar-refractivity contribution in [2.24, 2.45) is 0 Å². The number of benzene rings is 1. The molecule has 0 radical (unpaired) electrons. The van der Waals surface area contributed by atoms with E-state index < -0.39 is 0 Å². The number of anilines is 1. The summed E-state index contributed by atoms with van der Waals surface area (Å²) in [5.74, 6) is 0. The third-order valence-electron chi connectivity index (χ3n) is 3.26. The molecule has 112 valence electrons. The van der Waals surface area contributed by atoms with Crippen LogP contribution < -0.4 is 4.90 Å². The van der Waals surface area contributed by atoms with Gasteiger partial charge in [-0.15, -0.1) is 0 Å². The van der Waals surface area contributed by atoms with Crippen molar-refractivity contribution in [2.45, 2.75) is 19.8 Å². The summed E-state index contributed by atoms with van der Waals surface area (Å²) >= 11 is 0. The van der Waals surface area contributed by atoms with E-state index in [4.69, 9.17) is 20.9 Å². The van der Waals surface area contributed by atoms with Crippen LogP contribution in [-0.4, -0.2) is 24.8 Å². The molecule has 0 fully saturated rings. The van der Waals surface area contributed by atoms with Gasteiger partial charge in [0.1, 0.15) is 23.8 Å². The van der Waals surface area contributed by atoms with Crippen molar-refractivity contribution < 1.29 is 5.11 Å². The Labute approximate surface area is 130 Å². The molecular formula is C17H18N4O. The molecule has 5 nitrogen and oxygen atoms in total. The van der Waals surface area contributed by atoms with Gasteiger partial charge in [-0.05, 0) is 24.1 Å². The van der Waals surface area contributed by atoms with E-state index in [9.17, 15) is 0 Å². The summed E-state index contributed by atoms with van der Waals surface area (Å²) in [6.45, 7) is 3.57. The first-order chi connectivity index (χ1) is 10.7. The minimum Gasteiger partial charge on any atom is -0.395 e. The smallest absolute Gasteiger partial charge is 0.148 e. The lowest BCUT2D eigenvalue weighted by Gasteiger charge is -2.24. The molecule has 0 saturated heterocycles. The molecule has 0 saturated carbocycles. The second-order valence-corrected chi connectivity index (χ2v) is 4.70. The van der Waals surface area contributed by atoms with Crippen LogP contribution in [0, 0.1) is 34.0 Å².